The first-order valence-electron chi connectivity index (χ1n) is 9.56. The van der Waals surface area contributed by atoms with Crippen LogP contribution < -0.4 is 15.5 Å². The van der Waals surface area contributed by atoms with Crippen molar-refractivity contribution in [3.05, 3.63) is 42.1 Å². The highest BCUT2D eigenvalue weighted by molar-refractivity contribution is 7.99. The lowest BCUT2D eigenvalue weighted by molar-refractivity contribution is -0.150. The fraction of sp³-hybridized carbons (Fsp3) is 0.300. The zero-order valence-electron chi connectivity index (χ0n) is 16.5. The van der Waals surface area contributed by atoms with Crippen LogP contribution >= 0.6 is 11.8 Å². The number of allylic oxidation sites excluding steroid dienone is 1. The Morgan fingerprint density at radius 3 is 2.48 bits per heavy atom. The van der Waals surface area contributed by atoms with Crippen LogP contribution in [0.15, 0.2) is 57.1 Å². The van der Waals surface area contributed by atoms with Crippen LogP contribution in [0, 0.1) is 0 Å². The number of aliphatic imine (C=N–C) groups is 1. The number of nitrogens with one attached hydrogen (secondary N) is 2. The number of amides is 1. The summed E-state index contributed by atoms with van der Waals surface area (Å²) in [7, 11) is 0. The number of carbonyl (C=O) groups is 1. The quantitative estimate of drug-likeness (QED) is 0.635. The molecule has 1 saturated heterocycles. The molecule has 3 heterocycles. The fourth-order valence-corrected chi connectivity index (χ4v) is 3.68. The molecule has 7 nitrogen and oxygen atoms in total. The van der Waals surface area contributed by atoms with E-state index in [1.807, 2.05) is 19.1 Å². The Kier molecular flexibility index (Phi) is 5.86. The minimum atomic E-state index is -4.54. The molecule has 1 amide bonds. The Balaban J connectivity index is 1.45. The number of nitrogens with zero attached hydrogens (tertiary/aromatic N) is 4. The second-order valence-electron chi connectivity index (χ2n) is 7.11. The van der Waals surface area contributed by atoms with Gasteiger partial charge in [-0.3, -0.25) is 4.79 Å². The minimum absolute atomic E-state index is 0.293. The lowest BCUT2D eigenvalue weighted by atomic mass is 10.2. The molecule has 0 aliphatic carbocycles. The average molecular weight is 448 g/mol. The van der Waals surface area contributed by atoms with Gasteiger partial charge >= 0.3 is 6.18 Å². The maximum atomic E-state index is 12.3. The molecule has 1 fully saturated rings. The van der Waals surface area contributed by atoms with Crippen molar-refractivity contribution in [2.24, 2.45) is 4.99 Å². The summed E-state index contributed by atoms with van der Waals surface area (Å²) >= 11 is 1.32. The molecule has 2 aliphatic rings. The van der Waals surface area contributed by atoms with E-state index >= 15 is 0 Å². The summed E-state index contributed by atoms with van der Waals surface area (Å²) in [4.78, 5) is 27.8. The third-order valence-electron chi connectivity index (χ3n) is 4.48. The number of halogens is 3. The van der Waals surface area contributed by atoms with Gasteiger partial charge in [-0.25, -0.2) is 15.0 Å². The van der Waals surface area contributed by atoms with Crippen LogP contribution in [0.3, 0.4) is 0 Å². The lowest BCUT2D eigenvalue weighted by Gasteiger charge is -2.32. The number of aromatic nitrogens is 2. The summed E-state index contributed by atoms with van der Waals surface area (Å²) in [5, 5.41) is 5.94. The van der Waals surface area contributed by atoms with Crippen LogP contribution in [0.25, 0.3) is 0 Å². The predicted octanol–water partition coefficient (Wildman–Crippen LogP) is 4.46. The number of carbonyl (C=O) groups excluding carboxylic acids is 1. The van der Waals surface area contributed by atoms with Gasteiger partial charge in [0.25, 0.3) is 0 Å². The monoisotopic (exact) mass is 448 g/mol. The zero-order chi connectivity index (χ0) is 22.0. The average Bonchev–Trinajstić information content (AvgIpc) is 2.59. The van der Waals surface area contributed by atoms with Crippen LogP contribution in [0.1, 0.15) is 19.8 Å². The normalized spacial score (nSPS) is 15.4. The van der Waals surface area contributed by atoms with Crippen LogP contribution in [-0.4, -0.2) is 41.0 Å². The Morgan fingerprint density at radius 1 is 1.19 bits per heavy atom. The molecule has 1 aromatic carbocycles. The molecule has 0 bridgehead atoms. The number of amidine groups is 1. The molecule has 1 aromatic heterocycles. The number of hydrogen-bond acceptors (Lipinski definition) is 7. The minimum Gasteiger partial charge on any atom is -0.356 e. The van der Waals surface area contributed by atoms with Gasteiger partial charge in [0, 0.05) is 41.5 Å². The summed E-state index contributed by atoms with van der Waals surface area (Å²) < 4.78 is 36.9. The molecule has 2 aliphatic heterocycles. The number of anilines is 3. The van der Waals surface area contributed by atoms with Gasteiger partial charge in [0.2, 0.25) is 5.91 Å². The molecule has 2 N–H and O–H groups in total. The van der Waals surface area contributed by atoms with Crippen molar-refractivity contribution in [1.29, 1.82) is 0 Å². The van der Waals surface area contributed by atoms with Crippen molar-refractivity contribution in [2.75, 3.05) is 28.6 Å². The summed E-state index contributed by atoms with van der Waals surface area (Å²) in [5.41, 5.74) is 1.23. The van der Waals surface area contributed by atoms with Gasteiger partial charge in [0.15, 0.2) is 5.16 Å². The maximum absolute atomic E-state index is 12.3. The molecule has 0 unspecified atom stereocenters. The SMILES string of the molecule is CC1=CC(Nc2cc(N3CCC3)nc(Sc3ccc(NC(=O)CC(F)(F)F)cc3)n2)=N1. The molecule has 11 heteroatoms. The van der Waals surface area contributed by atoms with Gasteiger partial charge in [0.1, 0.15) is 23.9 Å². The third kappa shape index (κ3) is 5.75. The number of alkyl halides is 3. The van der Waals surface area contributed by atoms with Crippen molar-refractivity contribution in [1.82, 2.24) is 9.97 Å². The van der Waals surface area contributed by atoms with Crippen molar-refractivity contribution >= 4 is 40.8 Å². The van der Waals surface area contributed by atoms with Gasteiger partial charge in [-0.05, 0) is 49.4 Å². The van der Waals surface area contributed by atoms with Gasteiger partial charge in [0.05, 0.1) is 0 Å². The van der Waals surface area contributed by atoms with Gasteiger partial charge < -0.3 is 15.5 Å². The highest BCUT2D eigenvalue weighted by Gasteiger charge is 2.31. The first-order valence-corrected chi connectivity index (χ1v) is 10.4. The summed E-state index contributed by atoms with van der Waals surface area (Å²) in [6.07, 6.45) is -3.02. The molecule has 31 heavy (non-hydrogen) atoms. The molecule has 0 radical (unpaired) electrons. The van der Waals surface area contributed by atoms with E-state index in [2.05, 4.69) is 30.5 Å². The van der Waals surface area contributed by atoms with E-state index < -0.39 is 18.5 Å². The van der Waals surface area contributed by atoms with Crippen molar-refractivity contribution in [3.8, 4) is 0 Å². The second-order valence-corrected chi connectivity index (χ2v) is 8.15. The van der Waals surface area contributed by atoms with E-state index in [0.717, 1.165) is 41.8 Å². The summed E-state index contributed by atoms with van der Waals surface area (Å²) in [6, 6.07) is 8.37. The largest absolute Gasteiger partial charge is 0.397 e. The van der Waals surface area contributed by atoms with Crippen LogP contribution in [0.2, 0.25) is 0 Å². The second kappa shape index (κ2) is 8.58. The smallest absolute Gasteiger partial charge is 0.356 e. The highest BCUT2D eigenvalue weighted by Crippen LogP contribution is 2.30. The fourth-order valence-electron chi connectivity index (χ4n) is 2.91. The van der Waals surface area contributed by atoms with Gasteiger partial charge in [-0.2, -0.15) is 13.2 Å². The van der Waals surface area contributed by atoms with E-state index in [1.165, 1.54) is 11.8 Å². The van der Waals surface area contributed by atoms with Crippen LogP contribution in [0.5, 0.6) is 0 Å². The Morgan fingerprint density at radius 2 is 1.90 bits per heavy atom. The molecule has 162 valence electrons. The number of rotatable bonds is 6. The Bertz CT molecular complexity index is 1050. The lowest BCUT2D eigenvalue weighted by Crippen LogP contribution is -2.37. The molecule has 0 spiro atoms. The van der Waals surface area contributed by atoms with Crippen molar-refractivity contribution in [2.45, 2.75) is 36.0 Å². The predicted molar refractivity (Wildman–Crippen MR) is 114 cm³/mol. The maximum Gasteiger partial charge on any atom is 0.397 e. The first kappa shape index (κ1) is 21.2. The van der Waals surface area contributed by atoms with Gasteiger partial charge in [-0.15, -0.1) is 0 Å². The first-order chi connectivity index (χ1) is 14.7. The summed E-state index contributed by atoms with van der Waals surface area (Å²) in [5.74, 6) is 1.10. The van der Waals surface area contributed by atoms with E-state index in [0.29, 0.717) is 16.7 Å². The highest BCUT2D eigenvalue weighted by atomic mass is 32.2. The molecule has 0 saturated carbocycles. The number of benzene rings is 1. The standard InChI is InChI=1S/C20H19F3N6OS/c1-12-9-15(24-12)26-16-10-17(29-7-2-8-29)28-19(27-16)31-14-5-3-13(4-6-14)25-18(30)11-20(21,22)23/h3-6,9-10H,2,7-8,11H2,1H3,(H,25,30)(H,24,26,27,28). The summed E-state index contributed by atoms with van der Waals surface area (Å²) in [6.45, 7) is 3.78. The van der Waals surface area contributed by atoms with E-state index in [4.69, 9.17) is 0 Å². The third-order valence-corrected chi connectivity index (χ3v) is 5.35. The van der Waals surface area contributed by atoms with Crippen molar-refractivity contribution in [3.63, 3.8) is 0 Å². The Labute approximate surface area is 180 Å². The van der Waals surface area contributed by atoms with E-state index in [9.17, 15) is 18.0 Å². The zero-order valence-corrected chi connectivity index (χ0v) is 17.3. The Hall–Kier alpha value is -3.08. The molecule has 0 atom stereocenters. The molecule has 2 aromatic rings. The van der Waals surface area contributed by atoms with Gasteiger partial charge in [-0.1, -0.05) is 0 Å². The molecule has 4 rings (SSSR count). The van der Waals surface area contributed by atoms with E-state index in [-0.39, 0.29) is 0 Å². The van der Waals surface area contributed by atoms with Crippen molar-refractivity contribution < 1.29 is 18.0 Å². The molecular weight excluding hydrogens is 429 g/mol. The van der Waals surface area contributed by atoms with E-state index in [1.54, 1.807) is 24.3 Å². The topological polar surface area (TPSA) is 82.5 Å². The van der Waals surface area contributed by atoms with Crippen LogP contribution in [-0.2, 0) is 4.79 Å². The number of hydrogen-bond donors (Lipinski definition) is 2. The van der Waals surface area contributed by atoms with Crippen LogP contribution in [0.4, 0.5) is 30.5 Å². The molecular formula is C20H19F3N6OS.